The van der Waals surface area contributed by atoms with Crippen molar-refractivity contribution < 1.29 is 9.90 Å². The Morgan fingerprint density at radius 2 is 2.05 bits per heavy atom. The van der Waals surface area contributed by atoms with Gasteiger partial charge in [-0.2, -0.15) is 0 Å². The van der Waals surface area contributed by atoms with Crippen LogP contribution < -0.4 is 5.32 Å². The van der Waals surface area contributed by atoms with E-state index in [0.29, 0.717) is 18.1 Å². The number of carboxylic acids is 1. The van der Waals surface area contributed by atoms with E-state index in [1.54, 1.807) is 6.20 Å². The van der Waals surface area contributed by atoms with Crippen molar-refractivity contribution in [1.29, 1.82) is 0 Å². The third-order valence-corrected chi connectivity index (χ3v) is 2.98. The summed E-state index contributed by atoms with van der Waals surface area (Å²) in [6, 6.07) is 3.85. The number of rotatable bonds is 5. The lowest BCUT2D eigenvalue weighted by molar-refractivity contribution is 0.0691. The Bertz CT molecular complexity index is 639. The molecule has 0 aliphatic rings. The van der Waals surface area contributed by atoms with Gasteiger partial charge < -0.3 is 10.4 Å². The number of carboxylic acid groups (broad SMARTS) is 1. The Kier molecular flexibility index (Phi) is 4.47. The first-order valence-electron chi connectivity index (χ1n) is 6.73. The molecule has 0 saturated heterocycles. The van der Waals surface area contributed by atoms with E-state index in [9.17, 15) is 9.90 Å². The highest BCUT2D eigenvalue weighted by atomic mass is 16.4. The predicted molar refractivity (Wildman–Crippen MR) is 79.4 cm³/mol. The zero-order chi connectivity index (χ0) is 15.4. The SMILES string of the molecule is Cc1ccc(CNc2cnc(C(C)C)nc2C(=O)O)cn1. The van der Waals surface area contributed by atoms with Crippen molar-refractivity contribution in [2.24, 2.45) is 0 Å². The van der Waals surface area contributed by atoms with Crippen LogP contribution in [0.3, 0.4) is 0 Å². The molecule has 0 fully saturated rings. The maximum Gasteiger partial charge on any atom is 0.356 e. The van der Waals surface area contributed by atoms with E-state index in [1.165, 1.54) is 6.20 Å². The second-order valence-electron chi connectivity index (χ2n) is 5.11. The molecule has 2 heterocycles. The molecule has 0 unspecified atom stereocenters. The monoisotopic (exact) mass is 286 g/mol. The van der Waals surface area contributed by atoms with Gasteiger partial charge in [0.25, 0.3) is 0 Å². The predicted octanol–water partition coefficient (Wildman–Crippen LogP) is 2.61. The number of carbonyl (C=O) groups is 1. The zero-order valence-electron chi connectivity index (χ0n) is 12.3. The second kappa shape index (κ2) is 6.30. The third-order valence-electron chi connectivity index (χ3n) is 2.98. The lowest BCUT2D eigenvalue weighted by atomic mass is 10.2. The van der Waals surface area contributed by atoms with Crippen LogP contribution in [0.2, 0.25) is 0 Å². The maximum atomic E-state index is 11.3. The average Bonchev–Trinajstić information content (AvgIpc) is 2.46. The molecule has 6 heteroatoms. The highest BCUT2D eigenvalue weighted by molar-refractivity contribution is 5.91. The molecule has 0 radical (unpaired) electrons. The van der Waals surface area contributed by atoms with Crippen LogP contribution in [-0.4, -0.2) is 26.0 Å². The zero-order valence-corrected chi connectivity index (χ0v) is 12.3. The van der Waals surface area contributed by atoms with Crippen molar-refractivity contribution >= 4 is 11.7 Å². The average molecular weight is 286 g/mol. The van der Waals surface area contributed by atoms with Gasteiger partial charge in [-0.15, -0.1) is 0 Å². The molecule has 0 bridgehead atoms. The largest absolute Gasteiger partial charge is 0.476 e. The van der Waals surface area contributed by atoms with Gasteiger partial charge in [0.1, 0.15) is 5.82 Å². The number of pyridine rings is 1. The Morgan fingerprint density at radius 1 is 1.29 bits per heavy atom. The number of nitrogens with zero attached hydrogens (tertiary/aromatic N) is 3. The first-order valence-corrected chi connectivity index (χ1v) is 6.73. The lowest BCUT2D eigenvalue weighted by Crippen LogP contribution is -2.12. The second-order valence-corrected chi connectivity index (χ2v) is 5.11. The van der Waals surface area contributed by atoms with Crippen molar-refractivity contribution in [3.63, 3.8) is 0 Å². The van der Waals surface area contributed by atoms with Crippen molar-refractivity contribution in [2.75, 3.05) is 5.32 Å². The van der Waals surface area contributed by atoms with Crippen LogP contribution in [0.1, 0.15) is 47.3 Å². The van der Waals surface area contributed by atoms with Gasteiger partial charge in [-0.1, -0.05) is 19.9 Å². The summed E-state index contributed by atoms with van der Waals surface area (Å²) in [6.45, 7) is 6.23. The Labute approximate surface area is 123 Å². The third kappa shape index (κ3) is 3.75. The number of aryl methyl sites for hydroxylation is 1. The van der Waals surface area contributed by atoms with E-state index in [-0.39, 0.29) is 11.6 Å². The summed E-state index contributed by atoms with van der Waals surface area (Å²) in [5, 5.41) is 12.3. The fourth-order valence-corrected chi connectivity index (χ4v) is 1.77. The summed E-state index contributed by atoms with van der Waals surface area (Å²) in [7, 11) is 0. The lowest BCUT2D eigenvalue weighted by Gasteiger charge is -2.11. The van der Waals surface area contributed by atoms with Gasteiger partial charge in [-0.25, -0.2) is 14.8 Å². The van der Waals surface area contributed by atoms with Crippen LogP contribution in [-0.2, 0) is 6.54 Å². The van der Waals surface area contributed by atoms with Gasteiger partial charge in [0, 0.05) is 24.4 Å². The molecule has 2 N–H and O–H groups in total. The molecule has 110 valence electrons. The standard InChI is InChI=1S/C15H18N4O2/c1-9(2)14-18-8-12(13(19-14)15(20)21)17-7-11-5-4-10(3)16-6-11/h4-6,8-9,17H,7H2,1-3H3,(H,20,21). The fourth-order valence-electron chi connectivity index (χ4n) is 1.77. The Balaban J connectivity index is 2.19. The van der Waals surface area contributed by atoms with Gasteiger partial charge in [0.2, 0.25) is 0 Å². The summed E-state index contributed by atoms with van der Waals surface area (Å²) in [5.74, 6) is -0.461. The minimum atomic E-state index is -1.07. The van der Waals surface area contributed by atoms with Crippen molar-refractivity contribution in [3.05, 3.63) is 47.3 Å². The van der Waals surface area contributed by atoms with E-state index in [2.05, 4.69) is 20.3 Å². The summed E-state index contributed by atoms with van der Waals surface area (Å²) < 4.78 is 0. The van der Waals surface area contributed by atoms with Crippen LogP contribution in [0.15, 0.2) is 24.5 Å². The van der Waals surface area contributed by atoms with Crippen molar-refractivity contribution in [3.8, 4) is 0 Å². The van der Waals surface area contributed by atoms with Crippen LogP contribution in [0, 0.1) is 6.92 Å². The van der Waals surface area contributed by atoms with Gasteiger partial charge in [-0.05, 0) is 18.6 Å². The van der Waals surface area contributed by atoms with Crippen molar-refractivity contribution in [1.82, 2.24) is 15.0 Å². The first kappa shape index (κ1) is 14.9. The normalized spacial score (nSPS) is 10.7. The molecule has 0 saturated carbocycles. The highest BCUT2D eigenvalue weighted by Crippen LogP contribution is 2.17. The number of aromatic nitrogens is 3. The topological polar surface area (TPSA) is 88.0 Å². The number of anilines is 1. The Morgan fingerprint density at radius 3 is 2.62 bits per heavy atom. The van der Waals surface area contributed by atoms with E-state index < -0.39 is 5.97 Å². The minimum absolute atomic E-state index is 0.00577. The van der Waals surface area contributed by atoms with Gasteiger partial charge >= 0.3 is 5.97 Å². The highest BCUT2D eigenvalue weighted by Gasteiger charge is 2.15. The molecule has 0 aliphatic heterocycles. The summed E-state index contributed by atoms with van der Waals surface area (Å²) >= 11 is 0. The summed E-state index contributed by atoms with van der Waals surface area (Å²) in [4.78, 5) is 23.8. The summed E-state index contributed by atoms with van der Waals surface area (Å²) in [5.41, 5.74) is 2.31. The molecule has 6 nitrogen and oxygen atoms in total. The molecular formula is C15H18N4O2. The maximum absolute atomic E-state index is 11.3. The fraction of sp³-hybridized carbons (Fsp3) is 0.333. The summed E-state index contributed by atoms with van der Waals surface area (Å²) in [6.07, 6.45) is 3.28. The van der Waals surface area contributed by atoms with Crippen LogP contribution in [0.4, 0.5) is 5.69 Å². The first-order chi connectivity index (χ1) is 9.97. The number of nitrogens with one attached hydrogen (secondary N) is 1. The van der Waals surface area contributed by atoms with Gasteiger partial charge in [0.05, 0.1) is 11.9 Å². The molecule has 0 amide bonds. The number of hydrogen-bond acceptors (Lipinski definition) is 5. The minimum Gasteiger partial charge on any atom is -0.476 e. The molecule has 0 aliphatic carbocycles. The van der Waals surface area contributed by atoms with E-state index in [0.717, 1.165) is 11.3 Å². The molecule has 21 heavy (non-hydrogen) atoms. The Hall–Kier alpha value is -2.50. The van der Waals surface area contributed by atoms with E-state index >= 15 is 0 Å². The molecular weight excluding hydrogens is 268 g/mol. The van der Waals surface area contributed by atoms with Crippen LogP contribution in [0.5, 0.6) is 0 Å². The molecule has 2 aromatic heterocycles. The van der Waals surface area contributed by atoms with Crippen LogP contribution in [0.25, 0.3) is 0 Å². The molecule has 0 atom stereocenters. The van der Waals surface area contributed by atoms with Gasteiger partial charge in [0.15, 0.2) is 5.69 Å². The smallest absolute Gasteiger partial charge is 0.356 e. The van der Waals surface area contributed by atoms with E-state index in [4.69, 9.17) is 0 Å². The molecule has 2 aromatic rings. The van der Waals surface area contributed by atoms with Crippen LogP contribution >= 0.6 is 0 Å². The number of aromatic carboxylic acids is 1. The van der Waals surface area contributed by atoms with E-state index in [1.807, 2.05) is 32.9 Å². The molecule has 2 rings (SSSR count). The van der Waals surface area contributed by atoms with Crippen molar-refractivity contribution in [2.45, 2.75) is 33.2 Å². The van der Waals surface area contributed by atoms with Gasteiger partial charge in [-0.3, -0.25) is 4.98 Å². The number of hydrogen-bond donors (Lipinski definition) is 2. The molecule has 0 aromatic carbocycles. The molecule has 0 spiro atoms. The quantitative estimate of drug-likeness (QED) is 0.878.